The average Bonchev–Trinajstić information content (AvgIpc) is 2.57. The van der Waals surface area contributed by atoms with E-state index in [2.05, 4.69) is 11.4 Å². The lowest BCUT2D eigenvalue weighted by molar-refractivity contribution is 0.110. The molecule has 0 aliphatic rings. The van der Waals surface area contributed by atoms with Crippen molar-refractivity contribution in [3.63, 3.8) is 0 Å². The predicted octanol–water partition coefficient (Wildman–Crippen LogP) is 3.72. The summed E-state index contributed by atoms with van der Waals surface area (Å²) in [4.78, 5) is 0. The van der Waals surface area contributed by atoms with Crippen LogP contribution < -0.4 is 14.8 Å². The van der Waals surface area contributed by atoms with Crippen molar-refractivity contribution in [2.75, 3.05) is 32.2 Å². The molecule has 0 spiro atoms. The molecule has 0 aliphatic heterocycles. The fourth-order valence-electron chi connectivity index (χ4n) is 2.10. The van der Waals surface area contributed by atoms with Crippen molar-refractivity contribution in [3.05, 3.63) is 54.1 Å². The first-order chi connectivity index (χ1) is 10.8. The lowest BCUT2D eigenvalue weighted by Crippen LogP contribution is -2.07. The van der Waals surface area contributed by atoms with Crippen molar-refractivity contribution < 1.29 is 14.2 Å². The van der Waals surface area contributed by atoms with Crippen LogP contribution in [0.1, 0.15) is 12.5 Å². The molecule has 2 rings (SSSR count). The number of benzene rings is 2. The van der Waals surface area contributed by atoms with Crippen LogP contribution in [-0.2, 0) is 11.3 Å². The number of anilines is 1. The maximum Gasteiger partial charge on any atom is 0.141 e. The third-order valence-corrected chi connectivity index (χ3v) is 3.19. The monoisotopic (exact) mass is 301 g/mol. The Labute approximate surface area is 132 Å². The first-order valence-corrected chi connectivity index (χ1v) is 7.50. The minimum atomic E-state index is 0.567. The minimum absolute atomic E-state index is 0.567. The molecule has 0 aliphatic carbocycles. The lowest BCUT2D eigenvalue weighted by Gasteiger charge is -2.12. The molecule has 118 valence electrons. The number of ether oxygens (including phenoxy) is 3. The van der Waals surface area contributed by atoms with Crippen LogP contribution in [0.3, 0.4) is 0 Å². The van der Waals surface area contributed by atoms with Crippen LogP contribution in [-0.4, -0.2) is 26.9 Å². The largest absolute Gasteiger partial charge is 0.495 e. The molecular formula is C18H23NO3. The highest BCUT2D eigenvalue weighted by Gasteiger charge is 2.02. The van der Waals surface area contributed by atoms with Gasteiger partial charge >= 0.3 is 0 Å². The van der Waals surface area contributed by atoms with Gasteiger partial charge < -0.3 is 19.5 Å². The van der Waals surface area contributed by atoms with Gasteiger partial charge in [0.2, 0.25) is 0 Å². The maximum atomic E-state index is 5.67. The predicted molar refractivity (Wildman–Crippen MR) is 88.8 cm³/mol. The van der Waals surface area contributed by atoms with E-state index in [9.17, 15) is 0 Å². The molecule has 0 bridgehead atoms. The van der Waals surface area contributed by atoms with Crippen LogP contribution in [0.5, 0.6) is 11.5 Å². The zero-order valence-corrected chi connectivity index (χ0v) is 13.2. The Kier molecular flexibility index (Phi) is 6.58. The molecule has 0 atom stereocenters. The van der Waals surface area contributed by atoms with Gasteiger partial charge in [-0.25, -0.2) is 0 Å². The Hall–Kier alpha value is -2.20. The van der Waals surface area contributed by atoms with Gasteiger partial charge in [0.15, 0.2) is 0 Å². The van der Waals surface area contributed by atoms with E-state index < -0.39 is 0 Å². The van der Waals surface area contributed by atoms with Crippen LogP contribution in [0.25, 0.3) is 0 Å². The van der Waals surface area contributed by atoms with E-state index in [1.54, 1.807) is 7.11 Å². The minimum Gasteiger partial charge on any atom is -0.495 e. The van der Waals surface area contributed by atoms with Gasteiger partial charge in [-0.1, -0.05) is 24.3 Å². The summed E-state index contributed by atoms with van der Waals surface area (Å²) in [5.41, 5.74) is 2.13. The van der Waals surface area contributed by atoms with E-state index in [0.717, 1.165) is 22.7 Å². The second-order valence-electron chi connectivity index (χ2n) is 4.75. The Balaban J connectivity index is 1.90. The van der Waals surface area contributed by atoms with E-state index in [4.69, 9.17) is 14.2 Å². The van der Waals surface area contributed by atoms with Crippen molar-refractivity contribution in [1.82, 2.24) is 0 Å². The average molecular weight is 301 g/mol. The molecule has 4 nitrogen and oxygen atoms in total. The molecule has 2 aromatic rings. The van der Waals surface area contributed by atoms with E-state index in [1.807, 2.05) is 49.4 Å². The molecule has 0 radical (unpaired) electrons. The van der Waals surface area contributed by atoms with Crippen molar-refractivity contribution in [2.24, 2.45) is 0 Å². The summed E-state index contributed by atoms with van der Waals surface area (Å²) in [5, 5.41) is 3.38. The smallest absolute Gasteiger partial charge is 0.141 e. The van der Waals surface area contributed by atoms with E-state index in [-0.39, 0.29) is 0 Å². The summed E-state index contributed by atoms with van der Waals surface area (Å²) in [7, 11) is 1.67. The van der Waals surface area contributed by atoms with Gasteiger partial charge in [-0.15, -0.1) is 0 Å². The Morgan fingerprint density at radius 2 is 1.86 bits per heavy atom. The molecule has 0 unspecified atom stereocenters. The van der Waals surface area contributed by atoms with Crippen LogP contribution >= 0.6 is 0 Å². The summed E-state index contributed by atoms with van der Waals surface area (Å²) in [6.45, 7) is 4.58. The lowest BCUT2D eigenvalue weighted by atomic mass is 10.2. The highest BCUT2D eigenvalue weighted by molar-refractivity contribution is 5.56. The number of nitrogens with one attached hydrogen (secondary N) is 1. The van der Waals surface area contributed by atoms with Crippen molar-refractivity contribution in [1.29, 1.82) is 0 Å². The second-order valence-corrected chi connectivity index (χ2v) is 4.75. The molecule has 0 heterocycles. The highest BCUT2D eigenvalue weighted by atomic mass is 16.5. The zero-order valence-electron chi connectivity index (χ0n) is 13.2. The van der Waals surface area contributed by atoms with Gasteiger partial charge in [0.05, 0.1) is 19.4 Å². The molecule has 4 heteroatoms. The molecular weight excluding hydrogens is 278 g/mol. The summed E-state index contributed by atoms with van der Waals surface area (Å²) in [5.74, 6) is 1.70. The first-order valence-electron chi connectivity index (χ1n) is 7.50. The van der Waals surface area contributed by atoms with Crippen LogP contribution in [0.15, 0.2) is 48.5 Å². The molecule has 0 fully saturated rings. The summed E-state index contributed by atoms with van der Waals surface area (Å²) < 4.78 is 16.3. The van der Waals surface area contributed by atoms with E-state index in [1.165, 1.54) is 0 Å². The number of para-hydroxylation sites is 2. The number of hydrogen-bond acceptors (Lipinski definition) is 4. The van der Waals surface area contributed by atoms with Crippen LogP contribution in [0, 0.1) is 0 Å². The molecule has 1 N–H and O–H groups in total. The highest BCUT2D eigenvalue weighted by Crippen LogP contribution is 2.24. The third-order valence-electron chi connectivity index (χ3n) is 3.19. The van der Waals surface area contributed by atoms with Gasteiger partial charge in [0.1, 0.15) is 18.1 Å². The molecule has 0 saturated carbocycles. The summed E-state index contributed by atoms with van der Waals surface area (Å²) in [6, 6.07) is 15.9. The standard InChI is InChI=1S/C18H23NO3/c1-3-21-11-12-22-16-8-6-7-15(13-16)14-19-17-9-4-5-10-18(17)20-2/h4-10,13,19H,3,11-12,14H2,1-2H3. The fourth-order valence-corrected chi connectivity index (χ4v) is 2.10. The van der Waals surface area contributed by atoms with Gasteiger partial charge in [0, 0.05) is 13.2 Å². The summed E-state index contributed by atoms with van der Waals surface area (Å²) >= 11 is 0. The molecule has 0 saturated heterocycles. The second kappa shape index (κ2) is 8.95. The topological polar surface area (TPSA) is 39.7 Å². The number of hydrogen-bond donors (Lipinski definition) is 1. The summed E-state index contributed by atoms with van der Waals surface area (Å²) in [6.07, 6.45) is 0. The van der Waals surface area contributed by atoms with Gasteiger partial charge in [-0.2, -0.15) is 0 Å². The number of rotatable bonds is 9. The van der Waals surface area contributed by atoms with Gasteiger partial charge in [-0.05, 0) is 36.8 Å². The van der Waals surface area contributed by atoms with E-state index in [0.29, 0.717) is 26.4 Å². The fraction of sp³-hybridized carbons (Fsp3) is 0.333. The zero-order chi connectivity index (χ0) is 15.6. The van der Waals surface area contributed by atoms with Crippen molar-refractivity contribution in [3.8, 4) is 11.5 Å². The molecule has 0 amide bonds. The third kappa shape index (κ3) is 4.97. The molecule has 22 heavy (non-hydrogen) atoms. The van der Waals surface area contributed by atoms with Crippen LogP contribution in [0.2, 0.25) is 0 Å². The van der Waals surface area contributed by atoms with Gasteiger partial charge in [0.25, 0.3) is 0 Å². The van der Waals surface area contributed by atoms with Crippen molar-refractivity contribution >= 4 is 5.69 Å². The number of methoxy groups -OCH3 is 1. The van der Waals surface area contributed by atoms with Gasteiger partial charge in [-0.3, -0.25) is 0 Å². The Morgan fingerprint density at radius 1 is 1.00 bits per heavy atom. The maximum absolute atomic E-state index is 5.67. The van der Waals surface area contributed by atoms with E-state index >= 15 is 0 Å². The SMILES string of the molecule is CCOCCOc1cccc(CNc2ccccc2OC)c1. The van der Waals surface area contributed by atoms with Crippen LogP contribution in [0.4, 0.5) is 5.69 Å². The Morgan fingerprint density at radius 3 is 2.68 bits per heavy atom. The normalized spacial score (nSPS) is 10.3. The quantitative estimate of drug-likeness (QED) is 0.717. The first kappa shape index (κ1) is 16.2. The van der Waals surface area contributed by atoms with Crippen molar-refractivity contribution in [2.45, 2.75) is 13.5 Å². The Bertz CT molecular complexity index is 572. The molecule has 2 aromatic carbocycles. The molecule has 0 aromatic heterocycles.